The van der Waals surface area contributed by atoms with Gasteiger partial charge in [0.25, 0.3) is 0 Å². The van der Waals surface area contributed by atoms with Crippen LogP contribution in [0.3, 0.4) is 0 Å². The van der Waals surface area contributed by atoms with E-state index < -0.39 is 0 Å². The van der Waals surface area contributed by atoms with E-state index in [1.165, 1.54) is 22.7 Å². The van der Waals surface area contributed by atoms with Crippen molar-refractivity contribution >= 4 is 11.5 Å². The van der Waals surface area contributed by atoms with Crippen LogP contribution in [-0.2, 0) is 13.0 Å². The average Bonchev–Trinajstić information content (AvgIpc) is 2.80. The predicted molar refractivity (Wildman–Crippen MR) is 66.5 cm³/mol. The van der Waals surface area contributed by atoms with Gasteiger partial charge in [-0.25, -0.2) is 0 Å². The second-order valence-corrected chi connectivity index (χ2v) is 4.42. The Morgan fingerprint density at radius 1 is 1.25 bits per heavy atom. The Bertz CT molecular complexity index is 408. The highest BCUT2D eigenvalue weighted by Crippen LogP contribution is 2.03. The van der Waals surface area contributed by atoms with E-state index in [1.54, 1.807) is 0 Å². The maximum absolute atomic E-state index is 3.98. The molecule has 0 aliphatic rings. The fourth-order valence-corrected chi connectivity index (χ4v) is 1.92. The normalized spacial score (nSPS) is 10.6. The highest BCUT2D eigenvalue weighted by Gasteiger charge is 1.96. The molecule has 0 fully saturated rings. The molecule has 0 radical (unpaired) electrons. The van der Waals surface area contributed by atoms with Crippen LogP contribution in [0.15, 0.2) is 29.6 Å². The molecule has 1 aromatic heterocycles. The number of hydrogen-bond acceptors (Lipinski definition) is 4. The summed E-state index contributed by atoms with van der Waals surface area (Å²) in [6, 6.07) is 8.67. The summed E-state index contributed by atoms with van der Waals surface area (Å²) in [5.74, 6) is 0. The quantitative estimate of drug-likeness (QED) is 0.804. The summed E-state index contributed by atoms with van der Waals surface area (Å²) in [7, 11) is 0. The van der Waals surface area contributed by atoms with Crippen molar-refractivity contribution in [1.29, 1.82) is 0 Å². The van der Waals surface area contributed by atoms with Crippen molar-refractivity contribution in [3.05, 3.63) is 46.5 Å². The minimum atomic E-state index is 0.808. The van der Waals surface area contributed by atoms with Gasteiger partial charge in [-0.3, -0.25) is 0 Å². The van der Waals surface area contributed by atoms with E-state index in [0.717, 1.165) is 25.2 Å². The lowest BCUT2D eigenvalue weighted by Gasteiger charge is -2.03. The van der Waals surface area contributed by atoms with Crippen molar-refractivity contribution in [2.75, 3.05) is 6.54 Å². The maximum Gasteiger partial charge on any atom is 0.0893 e. The number of aryl methyl sites for hydroxylation is 1. The number of rotatable bonds is 5. The first-order valence-electron chi connectivity index (χ1n) is 5.37. The average molecular weight is 233 g/mol. The van der Waals surface area contributed by atoms with Crippen LogP contribution in [-0.4, -0.2) is 16.1 Å². The largest absolute Gasteiger partial charge is 0.311 e. The summed E-state index contributed by atoms with van der Waals surface area (Å²) < 4.78 is 3.82. The lowest BCUT2D eigenvalue weighted by molar-refractivity contribution is 0.673. The third kappa shape index (κ3) is 3.40. The minimum absolute atomic E-state index is 0.808. The van der Waals surface area contributed by atoms with Crippen LogP contribution >= 0.6 is 11.5 Å². The number of hydrogen-bond donors (Lipinski definition) is 1. The van der Waals surface area contributed by atoms with Crippen LogP contribution in [0, 0.1) is 6.92 Å². The standard InChI is InChI=1S/C12H15N3S/c1-10-2-4-11(5-3-10)6-7-13-8-12-9-16-15-14-12/h2-5,9,13H,6-8H2,1H3. The molecule has 84 valence electrons. The Kier molecular flexibility index (Phi) is 4.02. The van der Waals surface area contributed by atoms with E-state index in [1.807, 2.05) is 5.38 Å². The monoisotopic (exact) mass is 233 g/mol. The molecule has 1 heterocycles. The maximum atomic E-state index is 3.98. The van der Waals surface area contributed by atoms with E-state index in [4.69, 9.17) is 0 Å². The molecule has 3 nitrogen and oxygen atoms in total. The summed E-state index contributed by atoms with van der Waals surface area (Å²) in [6.45, 7) is 3.89. The van der Waals surface area contributed by atoms with Crippen LogP contribution in [0.25, 0.3) is 0 Å². The molecule has 0 aliphatic carbocycles. The van der Waals surface area contributed by atoms with Crippen LogP contribution in [0.1, 0.15) is 16.8 Å². The highest BCUT2D eigenvalue weighted by molar-refractivity contribution is 7.03. The molecule has 2 aromatic rings. The van der Waals surface area contributed by atoms with Gasteiger partial charge >= 0.3 is 0 Å². The topological polar surface area (TPSA) is 37.8 Å². The number of nitrogens with one attached hydrogen (secondary N) is 1. The molecule has 16 heavy (non-hydrogen) atoms. The van der Waals surface area contributed by atoms with Gasteiger partial charge in [-0.05, 0) is 37.0 Å². The van der Waals surface area contributed by atoms with Gasteiger partial charge in [0.05, 0.1) is 5.69 Å². The van der Waals surface area contributed by atoms with Crippen molar-refractivity contribution < 1.29 is 0 Å². The molecular weight excluding hydrogens is 218 g/mol. The first-order chi connectivity index (χ1) is 7.84. The second-order valence-electron chi connectivity index (χ2n) is 3.81. The lowest BCUT2D eigenvalue weighted by Crippen LogP contribution is -2.16. The van der Waals surface area contributed by atoms with E-state index in [2.05, 4.69) is 46.1 Å². The molecule has 0 unspecified atom stereocenters. The molecule has 0 bridgehead atoms. The van der Waals surface area contributed by atoms with Crippen molar-refractivity contribution in [1.82, 2.24) is 14.9 Å². The fraction of sp³-hybridized carbons (Fsp3) is 0.333. The number of benzene rings is 1. The molecule has 0 amide bonds. The zero-order valence-electron chi connectivity index (χ0n) is 9.31. The van der Waals surface area contributed by atoms with Crippen molar-refractivity contribution in [3.8, 4) is 0 Å². The second kappa shape index (κ2) is 5.72. The van der Waals surface area contributed by atoms with E-state index in [0.29, 0.717) is 0 Å². The van der Waals surface area contributed by atoms with Gasteiger partial charge in [-0.2, -0.15) is 0 Å². The summed E-state index contributed by atoms with van der Waals surface area (Å²) in [6.07, 6.45) is 1.05. The van der Waals surface area contributed by atoms with Crippen LogP contribution in [0.5, 0.6) is 0 Å². The first-order valence-corrected chi connectivity index (χ1v) is 6.20. The molecule has 4 heteroatoms. The fourth-order valence-electron chi connectivity index (χ4n) is 1.46. The molecule has 0 atom stereocenters. The van der Waals surface area contributed by atoms with Crippen LogP contribution in [0.4, 0.5) is 0 Å². The van der Waals surface area contributed by atoms with Gasteiger partial charge in [0.1, 0.15) is 0 Å². The van der Waals surface area contributed by atoms with Gasteiger partial charge in [-0.15, -0.1) is 5.10 Å². The minimum Gasteiger partial charge on any atom is -0.311 e. The molecule has 0 aliphatic heterocycles. The summed E-state index contributed by atoms with van der Waals surface area (Å²) in [4.78, 5) is 0. The predicted octanol–water partition coefficient (Wildman–Crippen LogP) is 2.18. The summed E-state index contributed by atoms with van der Waals surface area (Å²) in [5, 5.41) is 9.30. The van der Waals surface area contributed by atoms with Gasteiger partial charge in [-0.1, -0.05) is 34.3 Å². The molecule has 2 rings (SSSR count). The van der Waals surface area contributed by atoms with Crippen molar-refractivity contribution in [2.45, 2.75) is 19.9 Å². The Morgan fingerprint density at radius 2 is 2.06 bits per heavy atom. The van der Waals surface area contributed by atoms with E-state index >= 15 is 0 Å². The van der Waals surface area contributed by atoms with E-state index in [-0.39, 0.29) is 0 Å². The Hall–Kier alpha value is -1.26. The third-order valence-electron chi connectivity index (χ3n) is 2.42. The smallest absolute Gasteiger partial charge is 0.0893 e. The van der Waals surface area contributed by atoms with Gasteiger partial charge in [0.15, 0.2) is 0 Å². The van der Waals surface area contributed by atoms with E-state index in [9.17, 15) is 0 Å². The lowest BCUT2D eigenvalue weighted by atomic mass is 10.1. The Balaban J connectivity index is 1.70. The molecular formula is C12H15N3S. The number of aromatic nitrogens is 2. The Labute approximate surface area is 99.7 Å². The summed E-state index contributed by atoms with van der Waals surface area (Å²) in [5.41, 5.74) is 3.70. The SMILES string of the molecule is Cc1ccc(CCNCc2csnn2)cc1. The molecule has 0 spiro atoms. The van der Waals surface area contributed by atoms with Gasteiger partial charge < -0.3 is 5.32 Å². The highest BCUT2D eigenvalue weighted by atomic mass is 32.1. The van der Waals surface area contributed by atoms with Crippen LogP contribution in [0.2, 0.25) is 0 Å². The van der Waals surface area contributed by atoms with Crippen molar-refractivity contribution in [2.24, 2.45) is 0 Å². The molecule has 0 saturated carbocycles. The Morgan fingerprint density at radius 3 is 2.75 bits per heavy atom. The number of nitrogens with zero attached hydrogens (tertiary/aromatic N) is 2. The molecule has 1 N–H and O–H groups in total. The molecule has 1 aromatic carbocycles. The first kappa shape index (κ1) is 11.2. The third-order valence-corrected chi connectivity index (χ3v) is 2.98. The zero-order chi connectivity index (χ0) is 11.2. The van der Waals surface area contributed by atoms with Crippen molar-refractivity contribution in [3.63, 3.8) is 0 Å². The zero-order valence-corrected chi connectivity index (χ0v) is 10.1. The summed E-state index contributed by atoms with van der Waals surface area (Å²) >= 11 is 1.39. The van der Waals surface area contributed by atoms with Gasteiger partial charge in [0, 0.05) is 11.9 Å². The van der Waals surface area contributed by atoms with Gasteiger partial charge in [0.2, 0.25) is 0 Å². The van der Waals surface area contributed by atoms with Crippen LogP contribution < -0.4 is 5.32 Å². The molecule has 0 saturated heterocycles.